The third kappa shape index (κ3) is 1.04. The van der Waals surface area contributed by atoms with Crippen LogP contribution in [0.5, 0.6) is 0 Å². The van der Waals surface area contributed by atoms with Gasteiger partial charge in [-0.3, -0.25) is 4.79 Å². The molecule has 0 fully saturated rings. The second kappa shape index (κ2) is 2.25. The lowest BCUT2D eigenvalue weighted by Crippen LogP contribution is -2.17. The van der Waals surface area contributed by atoms with E-state index >= 15 is 0 Å². The molecule has 0 unspecified atom stereocenters. The van der Waals surface area contributed by atoms with Gasteiger partial charge < -0.3 is 9.84 Å². The molecule has 0 spiro atoms. The number of carbonyl (C=O) groups excluding carboxylic acids is 1. The highest BCUT2D eigenvalue weighted by atomic mass is 16.5. The summed E-state index contributed by atoms with van der Waals surface area (Å²) in [5.41, 5.74) is 0. The second-order valence-corrected chi connectivity index (χ2v) is 1.28. The molecule has 5 heteroatoms. The van der Waals surface area contributed by atoms with Gasteiger partial charge in [0.2, 0.25) is 6.33 Å². The van der Waals surface area contributed by atoms with Crippen LogP contribution in [0.25, 0.3) is 0 Å². The molecule has 0 atom stereocenters. The quantitative estimate of drug-likeness (QED) is 0.536. The van der Waals surface area contributed by atoms with Gasteiger partial charge in [-0.05, 0) is 0 Å². The van der Waals surface area contributed by atoms with Gasteiger partial charge in [-0.25, -0.2) is 0 Å². The highest BCUT2D eigenvalue weighted by Crippen LogP contribution is 1.86. The van der Waals surface area contributed by atoms with Crippen molar-refractivity contribution in [2.24, 2.45) is 0 Å². The Balaban J connectivity index is 2.77. The van der Waals surface area contributed by atoms with Crippen molar-refractivity contribution in [1.82, 2.24) is 15.5 Å². The molecule has 1 heterocycles. The van der Waals surface area contributed by atoms with Crippen molar-refractivity contribution < 1.29 is 9.32 Å². The average molecular weight is 126 g/mol. The third-order valence-electron chi connectivity index (χ3n) is 0.746. The SMILES string of the molecule is CNC(=O)c1n[c]no1. The van der Waals surface area contributed by atoms with Gasteiger partial charge in [-0.2, -0.15) is 4.98 Å². The lowest BCUT2D eigenvalue weighted by Gasteiger charge is -1.86. The first kappa shape index (κ1) is 5.74. The van der Waals surface area contributed by atoms with E-state index in [1.807, 2.05) is 0 Å². The zero-order valence-corrected chi connectivity index (χ0v) is 4.71. The molecular weight excluding hydrogens is 122 g/mol. The van der Waals surface area contributed by atoms with E-state index < -0.39 is 5.91 Å². The summed E-state index contributed by atoms with van der Waals surface area (Å²) < 4.78 is 4.36. The largest absolute Gasteiger partial charge is 0.351 e. The van der Waals surface area contributed by atoms with Crippen LogP contribution in [-0.4, -0.2) is 23.1 Å². The van der Waals surface area contributed by atoms with E-state index in [2.05, 4.69) is 26.3 Å². The lowest BCUT2D eigenvalue weighted by atomic mass is 10.6. The number of aromatic nitrogens is 2. The highest BCUT2D eigenvalue weighted by Gasteiger charge is 2.07. The average Bonchev–Trinajstić information content (AvgIpc) is 2.37. The maximum Gasteiger partial charge on any atom is 0.316 e. The zero-order chi connectivity index (χ0) is 6.69. The van der Waals surface area contributed by atoms with Crippen molar-refractivity contribution >= 4 is 5.91 Å². The van der Waals surface area contributed by atoms with Crippen molar-refractivity contribution in [2.45, 2.75) is 0 Å². The molecule has 0 saturated carbocycles. The number of nitrogens with zero attached hydrogens (tertiary/aromatic N) is 2. The number of hydrogen-bond acceptors (Lipinski definition) is 4. The standard InChI is InChI=1S/C4H4N3O2/c1-5-3(8)4-6-2-7-9-4/h1H3,(H,5,8). The van der Waals surface area contributed by atoms with Gasteiger partial charge in [0.05, 0.1) is 0 Å². The summed E-state index contributed by atoms with van der Waals surface area (Å²) in [6, 6.07) is 0. The van der Waals surface area contributed by atoms with Crippen LogP contribution in [0.15, 0.2) is 4.52 Å². The molecule has 1 rings (SSSR count). The van der Waals surface area contributed by atoms with Crippen LogP contribution >= 0.6 is 0 Å². The Morgan fingerprint density at radius 1 is 1.89 bits per heavy atom. The van der Waals surface area contributed by atoms with Crippen molar-refractivity contribution in [3.8, 4) is 0 Å². The monoisotopic (exact) mass is 126 g/mol. The molecule has 5 nitrogen and oxygen atoms in total. The Kier molecular flexibility index (Phi) is 1.44. The number of hydrogen-bond donors (Lipinski definition) is 1. The van der Waals surface area contributed by atoms with Gasteiger partial charge in [-0.15, -0.1) is 0 Å². The first-order chi connectivity index (χ1) is 4.34. The summed E-state index contributed by atoms with van der Waals surface area (Å²) in [6.45, 7) is 0. The summed E-state index contributed by atoms with van der Waals surface area (Å²) in [6.07, 6.45) is 2.12. The Morgan fingerprint density at radius 3 is 3.11 bits per heavy atom. The smallest absolute Gasteiger partial charge is 0.316 e. The maximum absolute atomic E-state index is 10.5. The molecule has 47 valence electrons. The molecule has 0 saturated heterocycles. The molecule has 0 aromatic carbocycles. The van der Waals surface area contributed by atoms with Crippen LogP contribution in [0.4, 0.5) is 0 Å². The van der Waals surface area contributed by atoms with E-state index in [4.69, 9.17) is 0 Å². The van der Waals surface area contributed by atoms with Crippen LogP contribution in [0.2, 0.25) is 0 Å². The van der Waals surface area contributed by atoms with E-state index in [1.165, 1.54) is 7.05 Å². The number of nitrogens with one attached hydrogen (secondary N) is 1. The molecule has 0 aliphatic carbocycles. The van der Waals surface area contributed by atoms with Crippen LogP contribution in [0.3, 0.4) is 0 Å². The first-order valence-electron chi connectivity index (χ1n) is 2.26. The van der Waals surface area contributed by atoms with Crippen molar-refractivity contribution in [1.29, 1.82) is 0 Å². The first-order valence-corrected chi connectivity index (χ1v) is 2.26. The van der Waals surface area contributed by atoms with Crippen molar-refractivity contribution in [3.63, 3.8) is 0 Å². The van der Waals surface area contributed by atoms with Crippen molar-refractivity contribution in [2.75, 3.05) is 7.05 Å². The zero-order valence-electron chi connectivity index (χ0n) is 4.71. The topological polar surface area (TPSA) is 68.0 Å². The minimum absolute atomic E-state index is 0.0718. The minimum atomic E-state index is -0.399. The second-order valence-electron chi connectivity index (χ2n) is 1.28. The van der Waals surface area contributed by atoms with Crippen LogP contribution in [0, 0.1) is 6.33 Å². The summed E-state index contributed by atoms with van der Waals surface area (Å²) >= 11 is 0. The number of amides is 1. The van der Waals surface area contributed by atoms with E-state index in [0.717, 1.165) is 0 Å². The summed E-state index contributed by atoms with van der Waals surface area (Å²) in [7, 11) is 1.48. The van der Waals surface area contributed by atoms with E-state index in [0.29, 0.717) is 0 Å². The van der Waals surface area contributed by atoms with Gasteiger partial charge in [0.25, 0.3) is 0 Å². The van der Waals surface area contributed by atoms with E-state index in [-0.39, 0.29) is 5.89 Å². The predicted octanol–water partition coefficient (Wildman–Crippen LogP) is -0.771. The third-order valence-corrected chi connectivity index (χ3v) is 0.746. The molecule has 0 aliphatic heterocycles. The molecule has 1 radical (unpaired) electrons. The van der Waals surface area contributed by atoms with Crippen LogP contribution in [-0.2, 0) is 0 Å². The van der Waals surface area contributed by atoms with Crippen LogP contribution in [0.1, 0.15) is 10.7 Å². The molecule has 0 bridgehead atoms. The molecular formula is C4H4N3O2. The Morgan fingerprint density at radius 2 is 2.67 bits per heavy atom. The van der Waals surface area contributed by atoms with Crippen LogP contribution < -0.4 is 5.32 Å². The van der Waals surface area contributed by atoms with E-state index in [1.54, 1.807) is 0 Å². The van der Waals surface area contributed by atoms with Gasteiger partial charge in [0.1, 0.15) is 0 Å². The summed E-state index contributed by atoms with van der Waals surface area (Å²) in [5, 5.41) is 5.43. The fourth-order valence-corrected chi connectivity index (χ4v) is 0.349. The number of rotatable bonds is 1. The van der Waals surface area contributed by atoms with Gasteiger partial charge in [0, 0.05) is 7.05 Å². The van der Waals surface area contributed by atoms with E-state index in [9.17, 15) is 4.79 Å². The molecule has 9 heavy (non-hydrogen) atoms. The van der Waals surface area contributed by atoms with Gasteiger partial charge in [0.15, 0.2) is 0 Å². The van der Waals surface area contributed by atoms with Gasteiger partial charge >= 0.3 is 11.8 Å². The van der Waals surface area contributed by atoms with Gasteiger partial charge in [-0.1, -0.05) is 5.16 Å². The predicted molar refractivity (Wildman–Crippen MR) is 26.5 cm³/mol. The minimum Gasteiger partial charge on any atom is -0.351 e. The molecule has 1 aromatic rings. The maximum atomic E-state index is 10.5. The Hall–Kier alpha value is -1.39. The summed E-state index contributed by atoms with van der Waals surface area (Å²) in [4.78, 5) is 13.9. The Labute approximate surface area is 51.1 Å². The fraction of sp³-hybridized carbons (Fsp3) is 0.250. The highest BCUT2D eigenvalue weighted by molar-refractivity contribution is 5.88. The normalized spacial score (nSPS) is 9.00. The molecule has 1 amide bonds. The lowest BCUT2D eigenvalue weighted by molar-refractivity contribution is 0.0919. The Bertz CT molecular complexity index is 194. The molecule has 1 N–H and O–H groups in total. The van der Waals surface area contributed by atoms with Crippen molar-refractivity contribution in [3.05, 3.63) is 12.2 Å². The molecule has 0 aliphatic rings. The number of carbonyl (C=O) groups is 1. The fourth-order valence-electron chi connectivity index (χ4n) is 0.349. The molecule has 1 aromatic heterocycles. The summed E-state index contributed by atoms with van der Waals surface area (Å²) in [5.74, 6) is -0.471.